The summed E-state index contributed by atoms with van der Waals surface area (Å²) in [5.41, 5.74) is 0.0565. The molecule has 1 aliphatic rings. The average molecular weight is 362 g/mol. The van der Waals surface area contributed by atoms with E-state index in [0.717, 1.165) is 12.1 Å². The zero-order valence-corrected chi connectivity index (χ0v) is 14.0. The molecule has 7 nitrogen and oxygen atoms in total. The van der Waals surface area contributed by atoms with Gasteiger partial charge in [0.15, 0.2) is 0 Å². The number of benzene rings is 1. The van der Waals surface area contributed by atoms with E-state index >= 15 is 0 Å². The van der Waals surface area contributed by atoms with Gasteiger partial charge in [-0.3, -0.25) is 0 Å². The molecule has 1 atom stereocenters. The van der Waals surface area contributed by atoms with E-state index in [4.69, 9.17) is 10.00 Å². The average Bonchev–Trinajstić information content (AvgIpc) is 2.63. The number of aromatic nitrogens is 2. The normalized spacial score (nSPS) is 18.5. The van der Waals surface area contributed by atoms with Crippen molar-refractivity contribution >= 4 is 10.0 Å². The van der Waals surface area contributed by atoms with E-state index in [2.05, 4.69) is 9.97 Å². The monoisotopic (exact) mass is 362 g/mol. The molecule has 0 saturated carbocycles. The van der Waals surface area contributed by atoms with Crippen molar-refractivity contribution in [1.29, 1.82) is 5.26 Å². The Labute approximate surface area is 144 Å². The summed E-state index contributed by atoms with van der Waals surface area (Å²) in [7, 11) is -3.73. The van der Waals surface area contributed by atoms with Crippen molar-refractivity contribution < 1.29 is 17.5 Å². The summed E-state index contributed by atoms with van der Waals surface area (Å²) in [5, 5.41) is 9.03. The van der Waals surface area contributed by atoms with Gasteiger partial charge in [-0.2, -0.15) is 9.57 Å². The molecule has 1 aliphatic heterocycles. The van der Waals surface area contributed by atoms with Crippen LogP contribution in [0.3, 0.4) is 0 Å². The molecule has 25 heavy (non-hydrogen) atoms. The highest BCUT2D eigenvalue weighted by atomic mass is 32.2. The van der Waals surface area contributed by atoms with Gasteiger partial charge in [-0.05, 0) is 37.1 Å². The van der Waals surface area contributed by atoms with E-state index in [9.17, 15) is 12.8 Å². The fourth-order valence-corrected chi connectivity index (χ4v) is 4.13. The smallest absolute Gasteiger partial charge is 0.251 e. The lowest BCUT2D eigenvalue weighted by Crippen LogP contribution is -2.44. The molecule has 1 saturated heterocycles. The Hall–Kier alpha value is -2.57. The van der Waals surface area contributed by atoms with Gasteiger partial charge in [-0.25, -0.2) is 22.8 Å². The number of nitriles is 1. The number of halogens is 1. The topological polar surface area (TPSA) is 96.2 Å². The van der Waals surface area contributed by atoms with Crippen LogP contribution < -0.4 is 4.74 Å². The Balaban J connectivity index is 1.77. The molecule has 0 spiro atoms. The molecule has 0 aliphatic carbocycles. The predicted octanol–water partition coefficient (Wildman–Crippen LogP) is 1.72. The highest BCUT2D eigenvalue weighted by Gasteiger charge is 2.31. The molecule has 0 amide bonds. The first-order valence-corrected chi connectivity index (χ1v) is 9.08. The van der Waals surface area contributed by atoms with Crippen LogP contribution in [0.5, 0.6) is 5.88 Å². The first kappa shape index (κ1) is 17.3. The number of rotatable bonds is 4. The quantitative estimate of drug-likeness (QED) is 0.822. The molecule has 0 radical (unpaired) electrons. The van der Waals surface area contributed by atoms with Crippen LogP contribution in [0.15, 0.2) is 41.6 Å². The Morgan fingerprint density at radius 2 is 1.96 bits per heavy atom. The number of ether oxygens (including phenoxy) is 1. The Kier molecular flexibility index (Phi) is 4.92. The Morgan fingerprint density at radius 3 is 2.68 bits per heavy atom. The van der Waals surface area contributed by atoms with Crippen molar-refractivity contribution in [3.05, 3.63) is 48.2 Å². The first-order valence-electron chi connectivity index (χ1n) is 7.64. The number of hydrogen-bond acceptors (Lipinski definition) is 6. The lowest BCUT2D eigenvalue weighted by atomic mass is 10.1. The van der Waals surface area contributed by atoms with Crippen molar-refractivity contribution in [2.24, 2.45) is 0 Å². The molecule has 1 fully saturated rings. The van der Waals surface area contributed by atoms with Gasteiger partial charge in [-0.1, -0.05) is 0 Å². The number of piperidine rings is 1. The minimum absolute atomic E-state index is 0.0340. The van der Waals surface area contributed by atoms with Crippen LogP contribution in [0.25, 0.3) is 0 Å². The van der Waals surface area contributed by atoms with Crippen molar-refractivity contribution in [2.75, 3.05) is 13.1 Å². The first-order chi connectivity index (χ1) is 12.0. The van der Waals surface area contributed by atoms with E-state index < -0.39 is 21.9 Å². The molecule has 1 aromatic heterocycles. The second-order valence-electron chi connectivity index (χ2n) is 5.52. The highest BCUT2D eigenvalue weighted by Crippen LogP contribution is 2.24. The molecule has 3 rings (SSSR count). The van der Waals surface area contributed by atoms with E-state index in [1.54, 1.807) is 0 Å². The standard InChI is InChI=1S/C16H15FN4O3S/c17-12-3-5-14(6-4-12)25(22,23)21-9-1-2-13(11-21)24-16-15(10-18)19-7-8-20-16/h3-8,13H,1-2,9,11H2. The fourth-order valence-electron chi connectivity index (χ4n) is 2.62. The minimum Gasteiger partial charge on any atom is -0.471 e. The zero-order valence-electron chi connectivity index (χ0n) is 13.2. The number of hydrogen-bond donors (Lipinski definition) is 0. The molecular formula is C16H15FN4O3S. The van der Waals surface area contributed by atoms with Gasteiger partial charge in [0.1, 0.15) is 18.0 Å². The van der Waals surface area contributed by atoms with E-state index in [-0.39, 0.29) is 23.0 Å². The van der Waals surface area contributed by atoms with Crippen molar-refractivity contribution in [2.45, 2.75) is 23.8 Å². The molecule has 9 heteroatoms. The van der Waals surface area contributed by atoms with Crippen LogP contribution in [0, 0.1) is 17.1 Å². The van der Waals surface area contributed by atoms with E-state index in [1.807, 2.05) is 6.07 Å². The van der Waals surface area contributed by atoms with Crippen molar-refractivity contribution in [3.8, 4) is 11.9 Å². The molecule has 130 valence electrons. The van der Waals surface area contributed by atoms with Gasteiger partial charge in [0.05, 0.1) is 11.4 Å². The van der Waals surface area contributed by atoms with Gasteiger partial charge >= 0.3 is 0 Å². The van der Waals surface area contributed by atoms with Gasteiger partial charge < -0.3 is 4.74 Å². The lowest BCUT2D eigenvalue weighted by molar-refractivity contribution is 0.124. The summed E-state index contributed by atoms with van der Waals surface area (Å²) in [6.07, 6.45) is 3.60. The summed E-state index contributed by atoms with van der Waals surface area (Å²) in [6, 6.07) is 6.60. The predicted molar refractivity (Wildman–Crippen MR) is 85.6 cm³/mol. The van der Waals surface area contributed by atoms with Gasteiger partial charge in [0.25, 0.3) is 5.88 Å². The summed E-state index contributed by atoms with van der Waals surface area (Å²) in [6.45, 7) is 0.478. The molecule has 2 aromatic rings. The minimum atomic E-state index is -3.73. The third-order valence-electron chi connectivity index (χ3n) is 3.84. The van der Waals surface area contributed by atoms with Gasteiger partial charge in [0.2, 0.25) is 15.7 Å². The van der Waals surface area contributed by atoms with Crippen LogP contribution in [-0.2, 0) is 10.0 Å². The summed E-state index contributed by atoms with van der Waals surface area (Å²) >= 11 is 0. The van der Waals surface area contributed by atoms with Crippen LogP contribution in [-0.4, -0.2) is 41.9 Å². The summed E-state index contributed by atoms with van der Waals surface area (Å²) in [4.78, 5) is 7.89. The molecule has 2 heterocycles. The summed E-state index contributed by atoms with van der Waals surface area (Å²) in [5.74, 6) is -0.401. The Morgan fingerprint density at radius 1 is 1.24 bits per heavy atom. The maximum Gasteiger partial charge on any atom is 0.251 e. The molecule has 1 aromatic carbocycles. The van der Waals surface area contributed by atoms with Gasteiger partial charge in [0, 0.05) is 18.9 Å². The van der Waals surface area contributed by atoms with Crippen LogP contribution in [0.4, 0.5) is 4.39 Å². The highest BCUT2D eigenvalue weighted by molar-refractivity contribution is 7.89. The molecular weight excluding hydrogens is 347 g/mol. The maximum atomic E-state index is 13.0. The van der Waals surface area contributed by atoms with Gasteiger partial charge in [-0.15, -0.1) is 0 Å². The van der Waals surface area contributed by atoms with Crippen molar-refractivity contribution in [3.63, 3.8) is 0 Å². The van der Waals surface area contributed by atoms with E-state index in [0.29, 0.717) is 19.4 Å². The third-order valence-corrected chi connectivity index (χ3v) is 5.72. The largest absolute Gasteiger partial charge is 0.471 e. The van der Waals surface area contributed by atoms with E-state index in [1.165, 1.54) is 28.8 Å². The second-order valence-corrected chi connectivity index (χ2v) is 7.46. The fraction of sp³-hybridized carbons (Fsp3) is 0.312. The third kappa shape index (κ3) is 3.75. The van der Waals surface area contributed by atoms with Crippen LogP contribution in [0.2, 0.25) is 0 Å². The SMILES string of the molecule is N#Cc1nccnc1OC1CCCN(S(=O)(=O)c2ccc(F)cc2)C1. The summed E-state index contributed by atoms with van der Waals surface area (Å²) < 4.78 is 45.4. The number of nitrogens with zero attached hydrogens (tertiary/aromatic N) is 4. The Bertz CT molecular complexity index is 896. The second kappa shape index (κ2) is 7.13. The van der Waals surface area contributed by atoms with Crippen LogP contribution in [0.1, 0.15) is 18.5 Å². The van der Waals surface area contributed by atoms with Crippen LogP contribution >= 0.6 is 0 Å². The number of sulfonamides is 1. The molecule has 1 unspecified atom stereocenters. The molecule has 0 N–H and O–H groups in total. The van der Waals surface area contributed by atoms with Crippen molar-refractivity contribution in [1.82, 2.24) is 14.3 Å². The molecule has 0 bridgehead atoms. The lowest BCUT2D eigenvalue weighted by Gasteiger charge is -2.31. The maximum absolute atomic E-state index is 13.0. The zero-order chi connectivity index (χ0) is 17.9.